The Morgan fingerprint density at radius 1 is 1.00 bits per heavy atom. The van der Waals surface area contributed by atoms with Crippen molar-refractivity contribution in [3.63, 3.8) is 0 Å². The molecule has 126 valence electrons. The maximum absolute atomic E-state index is 10.1. The van der Waals surface area contributed by atoms with Crippen molar-refractivity contribution in [1.82, 2.24) is 0 Å². The summed E-state index contributed by atoms with van der Waals surface area (Å²) in [6.45, 7) is 2.11. The van der Waals surface area contributed by atoms with E-state index < -0.39 is 0 Å². The van der Waals surface area contributed by atoms with Gasteiger partial charge in [-0.15, -0.1) is 0 Å². The number of hydrogen-bond acceptors (Lipinski definition) is 4. The van der Waals surface area contributed by atoms with Crippen LogP contribution in [0.15, 0.2) is 12.2 Å². The van der Waals surface area contributed by atoms with Gasteiger partial charge in [-0.05, 0) is 44.4 Å². The topological polar surface area (TPSA) is 47.9 Å². The van der Waals surface area contributed by atoms with Gasteiger partial charge in [-0.25, -0.2) is 0 Å². The van der Waals surface area contributed by atoms with Crippen molar-refractivity contribution in [2.45, 2.75) is 69.9 Å². The van der Waals surface area contributed by atoms with Crippen LogP contribution in [0.2, 0.25) is 0 Å². The molecule has 0 bridgehead atoms. The number of aliphatic hydroxyl groups excluding tert-OH is 1. The molecule has 0 spiro atoms. The third kappa shape index (κ3) is 4.54. The van der Waals surface area contributed by atoms with E-state index in [2.05, 4.69) is 12.2 Å². The molecule has 4 atom stereocenters. The Hall–Kier alpha value is -0.420. The van der Waals surface area contributed by atoms with Crippen molar-refractivity contribution in [1.29, 1.82) is 0 Å². The molecule has 0 amide bonds. The van der Waals surface area contributed by atoms with E-state index in [-0.39, 0.29) is 24.4 Å². The Bertz CT molecular complexity index is 345. The van der Waals surface area contributed by atoms with Crippen molar-refractivity contribution in [2.24, 2.45) is 11.8 Å². The van der Waals surface area contributed by atoms with E-state index in [1.807, 2.05) is 0 Å². The van der Waals surface area contributed by atoms with Gasteiger partial charge in [0.1, 0.15) is 0 Å². The van der Waals surface area contributed by atoms with Gasteiger partial charge in [-0.2, -0.15) is 0 Å². The van der Waals surface area contributed by atoms with Crippen LogP contribution in [0.3, 0.4) is 0 Å². The predicted octanol–water partition coefficient (Wildman–Crippen LogP) is 3.04. The number of ether oxygens (including phenoxy) is 3. The molecule has 3 rings (SSSR count). The second-order valence-electron chi connectivity index (χ2n) is 6.92. The van der Waals surface area contributed by atoms with Crippen LogP contribution in [0.25, 0.3) is 0 Å². The third-order valence-electron chi connectivity index (χ3n) is 5.22. The van der Waals surface area contributed by atoms with Gasteiger partial charge in [-0.3, -0.25) is 0 Å². The smallest absolute Gasteiger partial charge is 0.158 e. The Kier molecular flexibility index (Phi) is 6.30. The Morgan fingerprint density at radius 2 is 1.82 bits per heavy atom. The highest BCUT2D eigenvalue weighted by molar-refractivity contribution is 5.00. The second-order valence-corrected chi connectivity index (χ2v) is 6.92. The molecule has 1 unspecified atom stereocenters. The summed E-state index contributed by atoms with van der Waals surface area (Å²) in [5.74, 6) is 0.706. The lowest BCUT2D eigenvalue weighted by molar-refractivity contribution is -0.187. The molecule has 1 saturated carbocycles. The van der Waals surface area contributed by atoms with Crippen LogP contribution in [-0.4, -0.2) is 43.4 Å². The quantitative estimate of drug-likeness (QED) is 0.793. The van der Waals surface area contributed by atoms with Crippen molar-refractivity contribution >= 4 is 0 Å². The molecule has 2 heterocycles. The van der Waals surface area contributed by atoms with Gasteiger partial charge >= 0.3 is 0 Å². The first-order valence-corrected chi connectivity index (χ1v) is 9.04. The van der Waals surface area contributed by atoms with Crippen molar-refractivity contribution in [2.75, 3.05) is 19.8 Å². The molecule has 0 aromatic heterocycles. The minimum absolute atomic E-state index is 0.0449. The zero-order chi connectivity index (χ0) is 15.2. The molecule has 2 saturated heterocycles. The molecular weight excluding hydrogens is 280 g/mol. The van der Waals surface area contributed by atoms with Gasteiger partial charge < -0.3 is 19.3 Å². The molecule has 22 heavy (non-hydrogen) atoms. The second kappa shape index (κ2) is 8.44. The molecule has 4 heteroatoms. The van der Waals surface area contributed by atoms with Crippen molar-refractivity contribution < 1.29 is 19.3 Å². The molecule has 1 aliphatic carbocycles. The summed E-state index contributed by atoms with van der Waals surface area (Å²) in [6, 6.07) is 0. The summed E-state index contributed by atoms with van der Waals surface area (Å²) < 4.78 is 17.5. The van der Waals surface area contributed by atoms with Crippen molar-refractivity contribution in [3.05, 3.63) is 12.2 Å². The minimum Gasteiger partial charge on any atom is -0.392 e. The maximum Gasteiger partial charge on any atom is 0.158 e. The van der Waals surface area contributed by atoms with E-state index in [1.54, 1.807) is 0 Å². The first kappa shape index (κ1) is 16.4. The standard InChI is InChI=1S/C18H30O4/c19-16-10-12-20-13-15(16)8-9-17(14-5-1-2-6-14)22-18-7-3-4-11-21-18/h8-9,14-19H,1-7,10-13H2/t15-,16-,17-,18?/m1/s1. The number of aliphatic hydroxyl groups is 1. The lowest BCUT2D eigenvalue weighted by atomic mass is 9.94. The van der Waals surface area contributed by atoms with Crippen molar-refractivity contribution in [3.8, 4) is 0 Å². The fourth-order valence-corrected chi connectivity index (χ4v) is 3.78. The molecule has 3 fully saturated rings. The van der Waals surface area contributed by atoms with Crippen LogP contribution in [-0.2, 0) is 14.2 Å². The Balaban J connectivity index is 1.59. The molecule has 0 aromatic carbocycles. The van der Waals surface area contributed by atoms with Crippen LogP contribution >= 0.6 is 0 Å². The molecular formula is C18H30O4. The highest BCUT2D eigenvalue weighted by Crippen LogP contribution is 2.32. The largest absolute Gasteiger partial charge is 0.392 e. The van der Waals surface area contributed by atoms with E-state index in [9.17, 15) is 5.11 Å². The lowest BCUT2D eigenvalue weighted by Gasteiger charge is -2.30. The summed E-state index contributed by atoms with van der Waals surface area (Å²) in [7, 11) is 0. The number of hydrogen-bond donors (Lipinski definition) is 1. The normalized spacial score (nSPS) is 36.0. The van der Waals surface area contributed by atoms with E-state index in [1.165, 1.54) is 32.1 Å². The Morgan fingerprint density at radius 3 is 2.55 bits per heavy atom. The fraction of sp³-hybridized carbons (Fsp3) is 0.889. The summed E-state index contributed by atoms with van der Waals surface area (Å²) in [5.41, 5.74) is 0. The summed E-state index contributed by atoms with van der Waals surface area (Å²) in [6.07, 6.45) is 13.3. The Labute approximate surface area is 133 Å². The number of rotatable bonds is 5. The first-order chi connectivity index (χ1) is 10.8. The summed E-state index contributed by atoms with van der Waals surface area (Å²) in [5, 5.41) is 10.1. The zero-order valence-electron chi connectivity index (χ0n) is 13.5. The summed E-state index contributed by atoms with van der Waals surface area (Å²) in [4.78, 5) is 0. The lowest BCUT2D eigenvalue weighted by Crippen LogP contribution is -2.32. The maximum atomic E-state index is 10.1. The van der Waals surface area contributed by atoms with E-state index in [0.29, 0.717) is 19.1 Å². The van der Waals surface area contributed by atoms with Crippen LogP contribution in [0, 0.1) is 11.8 Å². The van der Waals surface area contributed by atoms with E-state index in [0.717, 1.165) is 25.9 Å². The third-order valence-corrected chi connectivity index (χ3v) is 5.22. The highest BCUT2D eigenvalue weighted by atomic mass is 16.7. The van der Waals surface area contributed by atoms with E-state index >= 15 is 0 Å². The zero-order valence-corrected chi connectivity index (χ0v) is 13.5. The predicted molar refractivity (Wildman–Crippen MR) is 84.5 cm³/mol. The SMILES string of the molecule is O[C@@H]1CCOC[C@H]1C=C[C@@H](OC1CCCCO1)C1CCCC1. The van der Waals surface area contributed by atoms with E-state index in [4.69, 9.17) is 14.2 Å². The van der Waals surface area contributed by atoms with Gasteiger partial charge in [-0.1, -0.05) is 25.0 Å². The highest BCUT2D eigenvalue weighted by Gasteiger charge is 2.28. The van der Waals surface area contributed by atoms with Gasteiger partial charge in [0.2, 0.25) is 0 Å². The molecule has 3 aliphatic rings. The van der Waals surface area contributed by atoms with Crippen LogP contribution in [0.5, 0.6) is 0 Å². The van der Waals surface area contributed by atoms with Gasteiger partial charge in [0, 0.05) is 19.1 Å². The average Bonchev–Trinajstić information content (AvgIpc) is 3.08. The van der Waals surface area contributed by atoms with Gasteiger partial charge in [0.15, 0.2) is 6.29 Å². The molecule has 0 radical (unpaired) electrons. The van der Waals surface area contributed by atoms with Crippen LogP contribution < -0.4 is 0 Å². The minimum atomic E-state index is -0.278. The summed E-state index contributed by atoms with van der Waals surface area (Å²) >= 11 is 0. The van der Waals surface area contributed by atoms with Crippen LogP contribution in [0.1, 0.15) is 51.4 Å². The first-order valence-electron chi connectivity index (χ1n) is 9.04. The molecule has 4 nitrogen and oxygen atoms in total. The van der Waals surface area contributed by atoms with Gasteiger partial charge in [0.25, 0.3) is 0 Å². The monoisotopic (exact) mass is 310 g/mol. The van der Waals surface area contributed by atoms with Gasteiger partial charge in [0.05, 0.1) is 18.8 Å². The molecule has 0 aromatic rings. The van der Waals surface area contributed by atoms with Crippen LogP contribution in [0.4, 0.5) is 0 Å². The molecule has 1 N–H and O–H groups in total. The fourth-order valence-electron chi connectivity index (χ4n) is 3.78. The molecule has 2 aliphatic heterocycles. The average molecular weight is 310 g/mol.